The van der Waals surface area contributed by atoms with Crippen molar-refractivity contribution >= 4 is 5.78 Å². The SMILES string of the molecule is COC1=C2CC[C@@H]3[C@H](CC[C@@]4(C)[C@H]3CC[C@@]4(O)Cc3ccccn3)[C@@]2(C)CCC1=O. The van der Waals surface area contributed by atoms with E-state index in [-0.39, 0.29) is 16.6 Å². The molecule has 1 N–H and O–H groups in total. The Kier molecular flexibility index (Phi) is 4.66. The number of carbonyl (C=O) groups excluding carboxylic acids is 1. The third-order valence-corrected chi connectivity index (χ3v) is 9.80. The molecule has 0 bridgehead atoms. The number of rotatable bonds is 3. The number of Topliss-reactive ketones (excluding diaryl/α,β-unsaturated/α-hetero) is 1. The van der Waals surface area contributed by atoms with Gasteiger partial charge >= 0.3 is 0 Å². The molecule has 4 aliphatic rings. The summed E-state index contributed by atoms with van der Waals surface area (Å²) in [6, 6.07) is 6.00. The fourth-order valence-electron chi connectivity index (χ4n) is 8.11. The Morgan fingerprint density at radius 3 is 2.63 bits per heavy atom. The van der Waals surface area contributed by atoms with Gasteiger partial charge in [0.25, 0.3) is 0 Å². The van der Waals surface area contributed by atoms with Gasteiger partial charge < -0.3 is 9.84 Å². The van der Waals surface area contributed by atoms with Crippen LogP contribution in [0.1, 0.15) is 70.9 Å². The average molecular weight is 410 g/mol. The maximum Gasteiger partial charge on any atom is 0.197 e. The predicted molar refractivity (Wildman–Crippen MR) is 116 cm³/mol. The van der Waals surface area contributed by atoms with E-state index in [0.29, 0.717) is 36.4 Å². The van der Waals surface area contributed by atoms with Crippen molar-refractivity contribution in [3.8, 4) is 0 Å². The van der Waals surface area contributed by atoms with Gasteiger partial charge in [0, 0.05) is 24.7 Å². The topological polar surface area (TPSA) is 59.4 Å². The number of ether oxygens (including phenoxy) is 1. The molecule has 3 fully saturated rings. The zero-order chi connectivity index (χ0) is 21.1. The fraction of sp³-hybridized carbons (Fsp3) is 0.692. The second kappa shape index (κ2) is 6.91. The van der Waals surface area contributed by atoms with Crippen LogP contribution in [-0.4, -0.2) is 28.6 Å². The van der Waals surface area contributed by atoms with Crippen LogP contribution >= 0.6 is 0 Å². The Bertz CT molecular complexity index is 880. The molecule has 30 heavy (non-hydrogen) atoms. The van der Waals surface area contributed by atoms with E-state index in [1.54, 1.807) is 7.11 Å². The van der Waals surface area contributed by atoms with Crippen LogP contribution in [0.4, 0.5) is 0 Å². The minimum Gasteiger partial charge on any atom is -0.493 e. The monoisotopic (exact) mass is 409 g/mol. The molecule has 6 atom stereocenters. The van der Waals surface area contributed by atoms with Crippen LogP contribution in [0.2, 0.25) is 0 Å². The predicted octanol–water partition coefficient (Wildman–Crippen LogP) is 4.86. The van der Waals surface area contributed by atoms with Crippen LogP contribution in [0.15, 0.2) is 35.7 Å². The van der Waals surface area contributed by atoms with Crippen molar-refractivity contribution in [2.75, 3.05) is 7.11 Å². The van der Waals surface area contributed by atoms with Crippen molar-refractivity contribution < 1.29 is 14.6 Å². The number of nitrogens with zero attached hydrogens (tertiary/aromatic N) is 1. The van der Waals surface area contributed by atoms with Gasteiger partial charge in [0.1, 0.15) is 0 Å². The van der Waals surface area contributed by atoms with Crippen LogP contribution in [0.3, 0.4) is 0 Å². The molecule has 0 radical (unpaired) electrons. The number of aromatic nitrogens is 1. The van der Waals surface area contributed by atoms with Crippen molar-refractivity contribution in [2.45, 2.75) is 77.2 Å². The lowest BCUT2D eigenvalue weighted by atomic mass is 9.46. The zero-order valence-electron chi connectivity index (χ0n) is 18.6. The quantitative estimate of drug-likeness (QED) is 0.774. The number of aliphatic hydroxyl groups is 1. The van der Waals surface area contributed by atoms with E-state index in [0.717, 1.165) is 50.6 Å². The van der Waals surface area contributed by atoms with E-state index in [1.807, 2.05) is 24.4 Å². The molecule has 5 rings (SSSR count). The largest absolute Gasteiger partial charge is 0.493 e. The summed E-state index contributed by atoms with van der Waals surface area (Å²) in [7, 11) is 1.66. The summed E-state index contributed by atoms with van der Waals surface area (Å²) in [5.41, 5.74) is 1.63. The van der Waals surface area contributed by atoms with E-state index in [2.05, 4.69) is 18.8 Å². The normalized spacial score (nSPS) is 43.1. The van der Waals surface area contributed by atoms with Gasteiger partial charge in [-0.3, -0.25) is 9.78 Å². The van der Waals surface area contributed by atoms with Gasteiger partial charge in [-0.1, -0.05) is 19.9 Å². The number of pyridine rings is 1. The summed E-state index contributed by atoms with van der Waals surface area (Å²) in [5.74, 6) is 2.62. The van der Waals surface area contributed by atoms with Gasteiger partial charge in [0.05, 0.1) is 12.7 Å². The molecule has 0 saturated heterocycles. The molecular formula is C26H35NO3. The lowest BCUT2D eigenvalue weighted by Crippen LogP contribution is -2.55. The summed E-state index contributed by atoms with van der Waals surface area (Å²) in [6.07, 6.45) is 10.3. The smallest absolute Gasteiger partial charge is 0.197 e. The third-order valence-electron chi connectivity index (χ3n) is 9.80. The van der Waals surface area contributed by atoms with Gasteiger partial charge in [0.15, 0.2) is 11.5 Å². The average Bonchev–Trinajstić information content (AvgIpc) is 3.00. The number of allylic oxidation sites excluding steroid dienone is 1. The highest BCUT2D eigenvalue weighted by molar-refractivity contribution is 5.95. The molecule has 0 aromatic carbocycles. The van der Waals surface area contributed by atoms with Crippen molar-refractivity contribution in [3.05, 3.63) is 41.4 Å². The van der Waals surface area contributed by atoms with Gasteiger partial charge in [-0.2, -0.15) is 0 Å². The summed E-state index contributed by atoms with van der Waals surface area (Å²) in [6.45, 7) is 4.74. The minimum absolute atomic E-state index is 0.0577. The maximum absolute atomic E-state index is 12.5. The minimum atomic E-state index is -0.672. The number of hydrogen-bond acceptors (Lipinski definition) is 4. The number of carbonyl (C=O) groups is 1. The van der Waals surface area contributed by atoms with Gasteiger partial charge in [-0.05, 0) is 91.2 Å². The van der Waals surface area contributed by atoms with E-state index < -0.39 is 5.60 Å². The van der Waals surface area contributed by atoms with Gasteiger partial charge in [-0.25, -0.2) is 0 Å². The van der Waals surface area contributed by atoms with Crippen molar-refractivity contribution in [2.24, 2.45) is 28.6 Å². The van der Waals surface area contributed by atoms with Crippen LogP contribution in [0.25, 0.3) is 0 Å². The van der Waals surface area contributed by atoms with Crippen LogP contribution in [0.5, 0.6) is 0 Å². The van der Waals surface area contributed by atoms with Crippen molar-refractivity contribution in [1.29, 1.82) is 0 Å². The highest BCUT2D eigenvalue weighted by atomic mass is 16.5. The second-order valence-corrected chi connectivity index (χ2v) is 10.8. The van der Waals surface area contributed by atoms with E-state index in [9.17, 15) is 9.90 Å². The Morgan fingerprint density at radius 1 is 1.10 bits per heavy atom. The zero-order valence-corrected chi connectivity index (χ0v) is 18.6. The van der Waals surface area contributed by atoms with Crippen LogP contribution in [0, 0.1) is 28.6 Å². The number of ketones is 1. The van der Waals surface area contributed by atoms with Gasteiger partial charge in [0.2, 0.25) is 0 Å². The maximum atomic E-state index is 12.5. The molecule has 0 unspecified atom stereocenters. The summed E-state index contributed by atoms with van der Waals surface area (Å²) >= 11 is 0. The fourth-order valence-corrected chi connectivity index (χ4v) is 8.11. The van der Waals surface area contributed by atoms with Gasteiger partial charge in [-0.15, -0.1) is 0 Å². The standard InChI is InChI=1S/C26H35NO3/c1-24-12-11-22(28)23(30-3)21(24)8-7-18-19(24)9-13-25(2)20(18)10-14-26(25,29)16-17-6-4-5-15-27-17/h4-6,15,18-20,29H,7-14,16H2,1-3H3/t18-,19+,20+,24-,25+,26-/m1/s1. The summed E-state index contributed by atoms with van der Waals surface area (Å²) < 4.78 is 5.61. The van der Waals surface area contributed by atoms with Crippen molar-refractivity contribution in [3.63, 3.8) is 0 Å². The van der Waals surface area contributed by atoms with Crippen molar-refractivity contribution in [1.82, 2.24) is 4.98 Å². The molecule has 4 nitrogen and oxygen atoms in total. The summed E-state index contributed by atoms with van der Waals surface area (Å²) in [4.78, 5) is 17.0. The summed E-state index contributed by atoms with van der Waals surface area (Å²) in [5, 5.41) is 11.9. The van der Waals surface area contributed by atoms with E-state index in [1.165, 1.54) is 5.57 Å². The lowest BCUT2D eigenvalue weighted by molar-refractivity contribution is -0.132. The Morgan fingerprint density at radius 2 is 1.90 bits per heavy atom. The van der Waals surface area contributed by atoms with Crippen LogP contribution < -0.4 is 0 Å². The molecule has 0 spiro atoms. The molecule has 4 heteroatoms. The first-order valence-corrected chi connectivity index (χ1v) is 11.8. The number of hydrogen-bond donors (Lipinski definition) is 1. The lowest BCUT2D eigenvalue weighted by Gasteiger charge is -2.59. The molecule has 3 saturated carbocycles. The molecule has 0 amide bonds. The molecule has 162 valence electrons. The van der Waals surface area contributed by atoms with Crippen LogP contribution in [-0.2, 0) is 16.0 Å². The molecular weight excluding hydrogens is 374 g/mol. The molecule has 0 aliphatic heterocycles. The highest BCUT2D eigenvalue weighted by Crippen LogP contribution is 2.68. The second-order valence-electron chi connectivity index (χ2n) is 10.8. The number of fused-ring (bicyclic) bond motifs is 5. The Hall–Kier alpha value is -1.68. The first-order valence-electron chi connectivity index (χ1n) is 11.8. The molecule has 1 aromatic heterocycles. The molecule has 1 aromatic rings. The Balaban J connectivity index is 1.46. The number of methoxy groups -OCH3 is 1. The van der Waals surface area contributed by atoms with E-state index >= 15 is 0 Å². The molecule has 1 heterocycles. The first kappa shape index (κ1) is 20.2. The first-order chi connectivity index (χ1) is 14.3. The third kappa shape index (κ3) is 2.68. The highest BCUT2D eigenvalue weighted by Gasteiger charge is 2.64. The van der Waals surface area contributed by atoms with E-state index in [4.69, 9.17) is 4.74 Å². The molecule has 4 aliphatic carbocycles. The Labute approximate surface area is 180 Å².